The quantitative estimate of drug-likeness (QED) is 0.662. The molecule has 0 heterocycles. The summed E-state index contributed by atoms with van der Waals surface area (Å²) in [5, 5.41) is 0. The van der Waals surface area contributed by atoms with E-state index in [1.807, 2.05) is 0 Å². The summed E-state index contributed by atoms with van der Waals surface area (Å²) in [6.45, 7) is 7.45. The molecule has 0 radical (unpaired) electrons. The molecule has 2 aliphatic rings. The van der Waals surface area contributed by atoms with Crippen LogP contribution in [0.2, 0.25) is 0 Å². The summed E-state index contributed by atoms with van der Waals surface area (Å²) in [5.41, 5.74) is 5.41. The molecule has 0 unspecified atom stereocenters. The molecular weight excluding hydrogens is 254 g/mol. The Bertz CT molecular complexity index is 568. The molecule has 0 spiro atoms. The third-order valence-electron chi connectivity index (χ3n) is 6.47. The molecule has 0 aliphatic heterocycles. The lowest BCUT2D eigenvalue weighted by atomic mass is 9.71. The summed E-state index contributed by atoms with van der Waals surface area (Å²) in [5.74, 6) is 0.792. The molecular formula is C20H30N+. The molecule has 2 bridgehead atoms. The fourth-order valence-corrected chi connectivity index (χ4v) is 4.49. The molecule has 2 aliphatic carbocycles. The second-order valence-electron chi connectivity index (χ2n) is 8.87. The zero-order chi connectivity index (χ0) is 15.5. The molecule has 2 fully saturated rings. The van der Waals surface area contributed by atoms with Crippen LogP contribution >= 0.6 is 0 Å². The van der Waals surface area contributed by atoms with Crippen molar-refractivity contribution < 1.29 is 0 Å². The molecule has 1 heteroatoms. The van der Waals surface area contributed by atoms with E-state index in [0.29, 0.717) is 10.8 Å². The maximum Gasteiger partial charge on any atom is 0.132 e. The van der Waals surface area contributed by atoms with Gasteiger partial charge in [0.25, 0.3) is 0 Å². The summed E-state index contributed by atoms with van der Waals surface area (Å²) in [7, 11) is 6.65. The molecule has 0 saturated heterocycles. The highest BCUT2D eigenvalue weighted by atomic mass is 15.3. The fourth-order valence-electron chi connectivity index (χ4n) is 4.49. The van der Waals surface area contributed by atoms with Gasteiger partial charge in [-0.25, -0.2) is 0 Å². The lowest BCUT2D eigenvalue weighted by Gasteiger charge is -2.33. The van der Waals surface area contributed by atoms with Crippen molar-refractivity contribution >= 4 is 11.8 Å². The number of fused-ring (bicyclic) bond motifs is 2. The normalized spacial score (nSPS) is 32.9. The van der Waals surface area contributed by atoms with E-state index in [1.165, 1.54) is 30.5 Å². The topological polar surface area (TPSA) is 0 Å². The van der Waals surface area contributed by atoms with Crippen molar-refractivity contribution in [2.24, 2.45) is 16.7 Å². The van der Waals surface area contributed by atoms with Gasteiger partial charge in [0.15, 0.2) is 0 Å². The smallest absolute Gasteiger partial charge is 0.132 e. The Labute approximate surface area is 130 Å². The highest BCUT2D eigenvalue weighted by Gasteiger charge is 2.58. The van der Waals surface area contributed by atoms with Gasteiger partial charge in [-0.3, -0.25) is 4.48 Å². The Morgan fingerprint density at radius 3 is 2.10 bits per heavy atom. The molecule has 3 rings (SSSR count). The van der Waals surface area contributed by atoms with Crippen LogP contribution in [0.15, 0.2) is 29.8 Å². The van der Waals surface area contributed by atoms with Crippen molar-refractivity contribution in [2.75, 3.05) is 21.1 Å². The third kappa shape index (κ3) is 2.26. The second-order valence-corrected chi connectivity index (χ2v) is 8.87. The number of hydrogen-bond donors (Lipinski definition) is 0. The monoisotopic (exact) mass is 284 g/mol. The Hall–Kier alpha value is -1.08. The van der Waals surface area contributed by atoms with Gasteiger partial charge in [0.1, 0.15) is 5.69 Å². The van der Waals surface area contributed by atoms with Gasteiger partial charge in [-0.15, -0.1) is 0 Å². The van der Waals surface area contributed by atoms with Crippen molar-refractivity contribution in [3.05, 3.63) is 35.4 Å². The Morgan fingerprint density at radius 1 is 1.05 bits per heavy atom. The molecule has 0 amide bonds. The number of allylic oxidation sites excluding steroid dienone is 1. The molecule has 114 valence electrons. The lowest BCUT2D eigenvalue weighted by Crippen LogP contribution is -2.34. The minimum Gasteiger partial charge on any atom is -0.298 e. The van der Waals surface area contributed by atoms with Gasteiger partial charge in [-0.05, 0) is 65.8 Å². The predicted octanol–water partition coefficient (Wildman–Crippen LogP) is 5.11. The van der Waals surface area contributed by atoms with Crippen LogP contribution in [0.1, 0.15) is 45.6 Å². The SMILES string of the molecule is CC1(C)[C@@H]2CC[C@@]1(C)C/C2=C/c1ccc([N+](C)(C)C)cc1. The summed E-state index contributed by atoms with van der Waals surface area (Å²) in [4.78, 5) is 0. The average Bonchev–Trinajstić information content (AvgIpc) is 2.70. The number of hydrogen-bond acceptors (Lipinski definition) is 0. The van der Waals surface area contributed by atoms with Crippen LogP contribution in [0, 0.1) is 16.7 Å². The Kier molecular flexibility index (Phi) is 3.15. The third-order valence-corrected chi connectivity index (χ3v) is 6.47. The van der Waals surface area contributed by atoms with Crippen molar-refractivity contribution in [1.82, 2.24) is 4.48 Å². The van der Waals surface area contributed by atoms with Crippen LogP contribution in [0.4, 0.5) is 5.69 Å². The van der Waals surface area contributed by atoms with Crippen LogP contribution in [-0.2, 0) is 0 Å². The summed E-state index contributed by atoms with van der Waals surface area (Å²) >= 11 is 0. The maximum absolute atomic E-state index is 2.49. The Balaban J connectivity index is 1.88. The lowest BCUT2D eigenvalue weighted by molar-refractivity contribution is 0.152. The van der Waals surface area contributed by atoms with Crippen molar-refractivity contribution in [1.29, 1.82) is 0 Å². The van der Waals surface area contributed by atoms with E-state index in [0.717, 1.165) is 10.4 Å². The zero-order valence-electron chi connectivity index (χ0n) is 14.5. The van der Waals surface area contributed by atoms with Crippen LogP contribution in [-0.4, -0.2) is 21.1 Å². The van der Waals surface area contributed by atoms with Crippen LogP contribution in [0.5, 0.6) is 0 Å². The maximum atomic E-state index is 2.49. The van der Waals surface area contributed by atoms with Crippen LogP contribution < -0.4 is 4.48 Å². The summed E-state index contributed by atoms with van der Waals surface area (Å²) in [6, 6.07) is 9.11. The first-order valence-electron chi connectivity index (χ1n) is 8.26. The fraction of sp³-hybridized carbons (Fsp3) is 0.600. The van der Waals surface area contributed by atoms with E-state index in [9.17, 15) is 0 Å². The largest absolute Gasteiger partial charge is 0.298 e. The molecule has 0 N–H and O–H groups in total. The van der Waals surface area contributed by atoms with Gasteiger partial charge >= 0.3 is 0 Å². The molecule has 2 atom stereocenters. The van der Waals surface area contributed by atoms with E-state index >= 15 is 0 Å². The number of nitrogens with zero attached hydrogens (tertiary/aromatic N) is 1. The number of rotatable bonds is 2. The predicted molar refractivity (Wildman–Crippen MR) is 93.2 cm³/mol. The van der Waals surface area contributed by atoms with E-state index in [1.54, 1.807) is 5.57 Å². The molecule has 21 heavy (non-hydrogen) atoms. The standard InChI is InChI=1S/C20H30N/c1-19(2)18-11-12-20(19,3)14-16(18)13-15-7-9-17(10-8-15)21(4,5)6/h7-10,13,18H,11-12,14H2,1-6H3/q+1/b16-13-/t18-,20+/m1/s1. The first-order valence-corrected chi connectivity index (χ1v) is 8.26. The average molecular weight is 284 g/mol. The van der Waals surface area contributed by atoms with Gasteiger partial charge in [-0.1, -0.05) is 32.4 Å². The van der Waals surface area contributed by atoms with E-state index in [2.05, 4.69) is 72.3 Å². The van der Waals surface area contributed by atoms with Crippen molar-refractivity contribution in [3.63, 3.8) is 0 Å². The van der Waals surface area contributed by atoms with Crippen molar-refractivity contribution in [2.45, 2.75) is 40.0 Å². The van der Waals surface area contributed by atoms with Crippen molar-refractivity contribution in [3.8, 4) is 0 Å². The summed E-state index contributed by atoms with van der Waals surface area (Å²) < 4.78 is 0.880. The van der Waals surface area contributed by atoms with Crippen LogP contribution in [0.3, 0.4) is 0 Å². The minimum atomic E-state index is 0.473. The molecule has 1 nitrogen and oxygen atoms in total. The summed E-state index contributed by atoms with van der Waals surface area (Å²) in [6.07, 6.45) is 6.55. The van der Waals surface area contributed by atoms with E-state index in [4.69, 9.17) is 0 Å². The van der Waals surface area contributed by atoms with Gasteiger partial charge in [-0.2, -0.15) is 0 Å². The first-order chi connectivity index (χ1) is 9.63. The number of benzene rings is 1. The second kappa shape index (κ2) is 4.46. The minimum absolute atomic E-state index is 0.473. The van der Waals surface area contributed by atoms with E-state index < -0.39 is 0 Å². The highest BCUT2D eigenvalue weighted by molar-refractivity contribution is 5.58. The molecule has 2 saturated carbocycles. The van der Waals surface area contributed by atoms with Gasteiger partial charge in [0.2, 0.25) is 0 Å². The Morgan fingerprint density at radius 2 is 1.67 bits per heavy atom. The number of quaternary nitrogens is 1. The zero-order valence-corrected chi connectivity index (χ0v) is 14.5. The van der Waals surface area contributed by atoms with Gasteiger partial charge in [0.05, 0.1) is 21.1 Å². The van der Waals surface area contributed by atoms with Gasteiger partial charge in [0, 0.05) is 0 Å². The first kappa shape index (κ1) is 14.8. The van der Waals surface area contributed by atoms with Crippen LogP contribution in [0.25, 0.3) is 6.08 Å². The molecule has 1 aromatic carbocycles. The molecule has 1 aromatic rings. The van der Waals surface area contributed by atoms with Gasteiger partial charge < -0.3 is 0 Å². The highest BCUT2D eigenvalue weighted by Crippen LogP contribution is 2.67. The molecule has 0 aromatic heterocycles. The van der Waals surface area contributed by atoms with E-state index in [-0.39, 0.29) is 0 Å².